The van der Waals surface area contributed by atoms with E-state index in [1.165, 1.54) is 0 Å². The third kappa shape index (κ3) is 4.93. The Morgan fingerprint density at radius 3 is 2.62 bits per heavy atom. The molecule has 0 atom stereocenters. The highest BCUT2D eigenvalue weighted by Crippen LogP contribution is 2.31. The SMILES string of the molecule is COc1cccc(Cn2nccc2NC(=O)CCc2ccc(C#N)cc2)c1OC. The van der Waals surface area contributed by atoms with Crippen LogP contribution >= 0.6 is 0 Å². The maximum atomic E-state index is 12.4. The van der Waals surface area contributed by atoms with Gasteiger partial charge in [0.2, 0.25) is 5.91 Å². The summed E-state index contributed by atoms with van der Waals surface area (Å²) in [5.41, 5.74) is 2.51. The van der Waals surface area contributed by atoms with E-state index < -0.39 is 0 Å². The van der Waals surface area contributed by atoms with Crippen LogP contribution in [0.5, 0.6) is 11.5 Å². The number of methoxy groups -OCH3 is 2. The zero-order chi connectivity index (χ0) is 20.6. The molecule has 1 N–H and O–H groups in total. The summed E-state index contributed by atoms with van der Waals surface area (Å²) >= 11 is 0. The summed E-state index contributed by atoms with van der Waals surface area (Å²) in [7, 11) is 3.19. The van der Waals surface area contributed by atoms with Crippen LogP contribution in [0, 0.1) is 11.3 Å². The molecule has 148 valence electrons. The summed E-state index contributed by atoms with van der Waals surface area (Å²) in [6.45, 7) is 0.429. The lowest BCUT2D eigenvalue weighted by Crippen LogP contribution is -2.16. The van der Waals surface area contributed by atoms with E-state index in [1.54, 1.807) is 43.3 Å². The van der Waals surface area contributed by atoms with E-state index >= 15 is 0 Å². The smallest absolute Gasteiger partial charge is 0.225 e. The summed E-state index contributed by atoms with van der Waals surface area (Å²) in [5, 5.41) is 16.1. The first-order valence-electron chi connectivity index (χ1n) is 9.15. The predicted octanol–water partition coefficient (Wildman–Crippen LogP) is 3.39. The lowest BCUT2D eigenvalue weighted by atomic mass is 10.1. The minimum Gasteiger partial charge on any atom is -0.493 e. The van der Waals surface area contributed by atoms with Gasteiger partial charge in [-0.2, -0.15) is 10.4 Å². The Morgan fingerprint density at radius 2 is 1.93 bits per heavy atom. The van der Waals surface area contributed by atoms with Gasteiger partial charge in [-0.3, -0.25) is 4.79 Å². The topological polar surface area (TPSA) is 89.2 Å². The van der Waals surface area contributed by atoms with Crippen molar-refractivity contribution in [3.63, 3.8) is 0 Å². The second-order valence-electron chi connectivity index (χ2n) is 6.38. The van der Waals surface area contributed by atoms with Gasteiger partial charge in [-0.1, -0.05) is 24.3 Å². The van der Waals surface area contributed by atoms with Crippen molar-refractivity contribution in [2.45, 2.75) is 19.4 Å². The standard InChI is InChI=1S/C22H22N4O3/c1-28-19-5-3-4-18(22(19)29-2)15-26-20(12-13-24-26)25-21(27)11-10-16-6-8-17(14-23)9-7-16/h3-9,12-13H,10-11,15H2,1-2H3,(H,25,27). The number of rotatable bonds is 8. The van der Waals surface area contributed by atoms with Crippen molar-refractivity contribution in [3.05, 3.63) is 71.4 Å². The Bertz CT molecular complexity index is 1020. The fourth-order valence-electron chi connectivity index (χ4n) is 3.01. The Labute approximate surface area is 169 Å². The van der Waals surface area contributed by atoms with Crippen molar-refractivity contribution in [2.24, 2.45) is 0 Å². The van der Waals surface area contributed by atoms with Crippen LogP contribution in [0.25, 0.3) is 0 Å². The molecule has 0 aliphatic carbocycles. The minimum atomic E-state index is -0.103. The lowest BCUT2D eigenvalue weighted by molar-refractivity contribution is -0.116. The number of amides is 1. The third-order valence-electron chi connectivity index (χ3n) is 4.51. The van der Waals surface area contributed by atoms with Crippen LogP contribution in [0.3, 0.4) is 0 Å². The predicted molar refractivity (Wildman–Crippen MR) is 109 cm³/mol. The Balaban J connectivity index is 1.64. The number of hydrogen-bond donors (Lipinski definition) is 1. The minimum absolute atomic E-state index is 0.103. The van der Waals surface area contributed by atoms with Gasteiger partial charge in [0.05, 0.1) is 38.6 Å². The molecule has 0 bridgehead atoms. The molecule has 0 aliphatic heterocycles. The largest absolute Gasteiger partial charge is 0.493 e. The highest BCUT2D eigenvalue weighted by atomic mass is 16.5. The molecule has 1 heterocycles. The average molecular weight is 390 g/mol. The number of hydrogen-bond acceptors (Lipinski definition) is 5. The van der Waals surface area contributed by atoms with E-state index in [1.807, 2.05) is 30.3 Å². The normalized spacial score (nSPS) is 10.2. The van der Waals surface area contributed by atoms with E-state index in [2.05, 4.69) is 16.5 Å². The van der Waals surface area contributed by atoms with Crippen LogP contribution in [0.4, 0.5) is 5.82 Å². The van der Waals surface area contributed by atoms with Gasteiger partial charge in [0.25, 0.3) is 0 Å². The first kappa shape index (κ1) is 20.0. The van der Waals surface area contributed by atoms with E-state index in [0.29, 0.717) is 42.3 Å². The van der Waals surface area contributed by atoms with Gasteiger partial charge in [0, 0.05) is 18.1 Å². The van der Waals surface area contributed by atoms with Crippen LogP contribution in [0.1, 0.15) is 23.1 Å². The molecule has 1 amide bonds. The molecule has 0 unspecified atom stereocenters. The molecule has 0 aliphatic rings. The third-order valence-corrected chi connectivity index (χ3v) is 4.51. The molecule has 7 nitrogen and oxygen atoms in total. The molecule has 3 rings (SSSR count). The fourth-order valence-corrected chi connectivity index (χ4v) is 3.01. The molecular weight excluding hydrogens is 368 g/mol. The maximum absolute atomic E-state index is 12.4. The summed E-state index contributed by atoms with van der Waals surface area (Å²) in [5.74, 6) is 1.79. The molecule has 2 aromatic carbocycles. The van der Waals surface area contributed by atoms with E-state index in [0.717, 1.165) is 11.1 Å². The first-order chi connectivity index (χ1) is 14.1. The maximum Gasteiger partial charge on any atom is 0.225 e. The summed E-state index contributed by atoms with van der Waals surface area (Å²) in [6.07, 6.45) is 2.57. The van der Waals surface area contributed by atoms with Gasteiger partial charge in [-0.05, 0) is 30.2 Å². The van der Waals surface area contributed by atoms with Crippen LogP contribution in [-0.4, -0.2) is 29.9 Å². The van der Waals surface area contributed by atoms with Crippen molar-refractivity contribution in [1.82, 2.24) is 9.78 Å². The number of nitriles is 1. The Kier molecular flexibility index (Phi) is 6.48. The zero-order valence-electron chi connectivity index (χ0n) is 16.4. The number of benzene rings is 2. The highest BCUT2D eigenvalue weighted by Gasteiger charge is 2.13. The number of ether oxygens (including phenoxy) is 2. The quantitative estimate of drug-likeness (QED) is 0.637. The van der Waals surface area contributed by atoms with Gasteiger partial charge in [-0.15, -0.1) is 0 Å². The molecule has 7 heteroatoms. The Hall–Kier alpha value is -3.79. The van der Waals surface area contributed by atoms with Crippen molar-refractivity contribution < 1.29 is 14.3 Å². The molecule has 0 radical (unpaired) electrons. The van der Waals surface area contributed by atoms with Crippen LogP contribution in [-0.2, 0) is 17.8 Å². The second kappa shape index (κ2) is 9.42. The molecular formula is C22H22N4O3. The van der Waals surface area contributed by atoms with E-state index in [9.17, 15) is 4.79 Å². The summed E-state index contributed by atoms with van der Waals surface area (Å²) in [4.78, 5) is 12.4. The molecule has 0 saturated carbocycles. The second-order valence-corrected chi connectivity index (χ2v) is 6.38. The van der Waals surface area contributed by atoms with E-state index in [4.69, 9.17) is 14.7 Å². The highest BCUT2D eigenvalue weighted by molar-refractivity contribution is 5.90. The van der Waals surface area contributed by atoms with Gasteiger partial charge < -0.3 is 14.8 Å². The van der Waals surface area contributed by atoms with Gasteiger partial charge >= 0.3 is 0 Å². The molecule has 0 saturated heterocycles. The number of anilines is 1. The molecule has 0 fully saturated rings. The van der Waals surface area contributed by atoms with Crippen molar-refractivity contribution in [3.8, 4) is 17.6 Å². The number of aromatic nitrogens is 2. The van der Waals surface area contributed by atoms with Crippen LogP contribution < -0.4 is 14.8 Å². The monoisotopic (exact) mass is 390 g/mol. The van der Waals surface area contributed by atoms with Crippen LogP contribution in [0.2, 0.25) is 0 Å². The lowest BCUT2D eigenvalue weighted by Gasteiger charge is -2.14. The molecule has 0 spiro atoms. The van der Waals surface area contributed by atoms with Crippen molar-refractivity contribution in [2.75, 3.05) is 19.5 Å². The molecule has 3 aromatic rings. The number of para-hydroxylation sites is 1. The van der Waals surface area contributed by atoms with E-state index in [-0.39, 0.29) is 5.91 Å². The zero-order valence-corrected chi connectivity index (χ0v) is 16.4. The molecule has 29 heavy (non-hydrogen) atoms. The van der Waals surface area contributed by atoms with Gasteiger partial charge in [0.15, 0.2) is 11.5 Å². The van der Waals surface area contributed by atoms with Crippen molar-refractivity contribution in [1.29, 1.82) is 5.26 Å². The fraction of sp³-hybridized carbons (Fsp3) is 0.227. The van der Waals surface area contributed by atoms with Crippen LogP contribution in [0.15, 0.2) is 54.7 Å². The van der Waals surface area contributed by atoms with Gasteiger partial charge in [-0.25, -0.2) is 4.68 Å². The number of carbonyl (C=O) groups excluding carboxylic acids is 1. The number of aryl methyl sites for hydroxylation is 1. The first-order valence-corrected chi connectivity index (χ1v) is 9.15. The number of nitrogens with zero attached hydrogens (tertiary/aromatic N) is 3. The summed E-state index contributed by atoms with van der Waals surface area (Å²) in [6, 6.07) is 16.7. The van der Waals surface area contributed by atoms with Crippen molar-refractivity contribution >= 4 is 11.7 Å². The van der Waals surface area contributed by atoms with Gasteiger partial charge in [0.1, 0.15) is 5.82 Å². The number of carbonyl (C=O) groups is 1. The molecule has 1 aromatic heterocycles. The average Bonchev–Trinajstić information content (AvgIpc) is 3.18. The summed E-state index contributed by atoms with van der Waals surface area (Å²) < 4.78 is 12.5. The number of nitrogens with one attached hydrogen (secondary N) is 1. The Morgan fingerprint density at radius 1 is 1.14 bits per heavy atom.